The van der Waals surface area contributed by atoms with Crippen molar-refractivity contribution < 1.29 is 30.0 Å². The van der Waals surface area contributed by atoms with Gasteiger partial charge in [-0.05, 0) is 65.6 Å². The predicted octanol–water partition coefficient (Wildman–Crippen LogP) is 2.29. The number of nitrogens with zero attached hydrogens (tertiary/aromatic N) is 3. The molecule has 1 aliphatic rings. The maximum absolute atomic E-state index is 12.7. The summed E-state index contributed by atoms with van der Waals surface area (Å²) in [6.07, 6.45) is -4.06. The molecule has 2 heterocycles. The van der Waals surface area contributed by atoms with E-state index in [-0.39, 0.29) is 12.1 Å². The molecule has 1 amide bonds. The van der Waals surface area contributed by atoms with Crippen LogP contribution in [0.3, 0.4) is 0 Å². The van der Waals surface area contributed by atoms with Gasteiger partial charge in [0, 0.05) is 43.8 Å². The maximum Gasteiger partial charge on any atom is 0.262 e. The van der Waals surface area contributed by atoms with Gasteiger partial charge in [0.1, 0.15) is 36.1 Å². The van der Waals surface area contributed by atoms with Crippen LogP contribution in [-0.2, 0) is 16.6 Å². The zero-order chi connectivity index (χ0) is 29.7. The smallest absolute Gasteiger partial charge is 0.262 e. The van der Waals surface area contributed by atoms with Crippen molar-refractivity contribution in [3.63, 3.8) is 0 Å². The number of fused-ring (bicyclic) bond motifs is 1. The molecule has 1 aromatic heterocycles. The minimum atomic E-state index is -1.71. The van der Waals surface area contributed by atoms with E-state index in [1.54, 1.807) is 0 Å². The van der Waals surface area contributed by atoms with Gasteiger partial charge in [0.25, 0.3) is 5.91 Å². The molecule has 41 heavy (non-hydrogen) atoms. The lowest BCUT2D eigenvalue weighted by atomic mass is 9.99. The number of rotatable bonds is 10. The minimum Gasteiger partial charge on any atom is -0.388 e. The van der Waals surface area contributed by atoms with E-state index >= 15 is 0 Å². The van der Waals surface area contributed by atoms with Crippen molar-refractivity contribution in [1.82, 2.24) is 9.88 Å². The summed E-state index contributed by atoms with van der Waals surface area (Å²) in [6, 6.07) is 18.5. The van der Waals surface area contributed by atoms with E-state index in [9.17, 15) is 30.5 Å². The third-order valence-corrected chi connectivity index (χ3v) is 7.44. The first kappa shape index (κ1) is 30.2. The molecule has 2 aromatic carbocycles. The molecular weight excluding hydrogens is 524 g/mol. The minimum absolute atomic E-state index is 0.168. The molecule has 0 radical (unpaired) electrons. The Balaban J connectivity index is 1.50. The molecule has 3 aromatic rings. The fraction of sp³-hybridized carbons (Fsp3) is 0.419. The van der Waals surface area contributed by atoms with E-state index in [2.05, 4.69) is 60.5 Å². The summed E-state index contributed by atoms with van der Waals surface area (Å²) in [5.41, 5.74) is 3.60. The molecular formula is C31H38N4O6. The second-order valence-corrected chi connectivity index (χ2v) is 10.4. The van der Waals surface area contributed by atoms with Crippen molar-refractivity contribution in [3.8, 4) is 17.3 Å². The average molecular weight is 563 g/mol. The Morgan fingerprint density at radius 3 is 2.37 bits per heavy atom. The van der Waals surface area contributed by atoms with Gasteiger partial charge in [-0.3, -0.25) is 4.79 Å². The number of ether oxygens (including phenoxy) is 1. The molecule has 0 saturated carbocycles. The Morgan fingerprint density at radius 1 is 1.00 bits per heavy atom. The Hall–Kier alpha value is -3.72. The van der Waals surface area contributed by atoms with Crippen molar-refractivity contribution >= 4 is 28.4 Å². The van der Waals surface area contributed by atoms with Crippen LogP contribution < -0.4 is 10.2 Å². The average Bonchev–Trinajstić information content (AvgIpc) is 3.34. The number of aliphatic hydroxyl groups is 4. The topological polar surface area (TPSA) is 151 Å². The first-order chi connectivity index (χ1) is 19.7. The number of nitriles is 1. The molecule has 1 aliphatic heterocycles. The second-order valence-electron chi connectivity index (χ2n) is 10.4. The highest BCUT2D eigenvalue weighted by Gasteiger charge is 2.43. The van der Waals surface area contributed by atoms with Crippen LogP contribution in [0.1, 0.15) is 32.4 Å². The Labute approximate surface area is 239 Å². The van der Waals surface area contributed by atoms with Crippen LogP contribution in [-0.4, -0.2) is 81.2 Å². The summed E-state index contributed by atoms with van der Waals surface area (Å²) < 4.78 is 6.97. The van der Waals surface area contributed by atoms with Gasteiger partial charge >= 0.3 is 0 Å². The third-order valence-electron chi connectivity index (χ3n) is 7.44. The molecule has 5 N–H and O–H groups in total. The van der Waals surface area contributed by atoms with Crippen molar-refractivity contribution in [2.75, 3.05) is 24.5 Å². The second kappa shape index (κ2) is 13.3. The Kier molecular flexibility index (Phi) is 9.81. The predicted molar refractivity (Wildman–Crippen MR) is 157 cm³/mol. The fourth-order valence-corrected chi connectivity index (χ4v) is 5.15. The molecule has 10 nitrogen and oxygen atoms in total. The monoisotopic (exact) mass is 562 g/mol. The summed E-state index contributed by atoms with van der Waals surface area (Å²) in [5.74, 6) is -0.706. The van der Waals surface area contributed by atoms with E-state index in [0.717, 1.165) is 48.0 Å². The lowest BCUT2D eigenvalue weighted by molar-refractivity contribution is -0.280. The molecule has 5 atom stereocenters. The quantitative estimate of drug-likeness (QED) is 0.187. The van der Waals surface area contributed by atoms with E-state index in [0.29, 0.717) is 5.69 Å². The maximum atomic E-state index is 12.7. The van der Waals surface area contributed by atoms with Gasteiger partial charge in [-0.2, -0.15) is 5.26 Å². The number of amides is 1. The van der Waals surface area contributed by atoms with E-state index in [4.69, 9.17) is 4.74 Å². The SMILES string of the molecule is CCCN(CCC)c1ccc2cc(-c3ccc(/C=C(\C#N)C(=O)NC[C@H]4OC(O)[C@H](O)[C@@H](O)[C@@H]4O)n3C)ccc2c1. The highest BCUT2D eigenvalue weighted by atomic mass is 16.6. The van der Waals surface area contributed by atoms with Gasteiger partial charge in [-0.15, -0.1) is 0 Å². The van der Waals surface area contributed by atoms with Gasteiger partial charge in [0.2, 0.25) is 0 Å². The molecule has 10 heteroatoms. The van der Waals surface area contributed by atoms with Crippen molar-refractivity contribution in [2.24, 2.45) is 7.05 Å². The van der Waals surface area contributed by atoms with Crippen LogP contribution >= 0.6 is 0 Å². The van der Waals surface area contributed by atoms with E-state index < -0.39 is 36.6 Å². The van der Waals surface area contributed by atoms with Crippen molar-refractivity contribution in [3.05, 3.63) is 59.8 Å². The van der Waals surface area contributed by atoms with E-state index in [1.165, 1.54) is 11.8 Å². The molecule has 0 bridgehead atoms. The molecule has 4 rings (SSSR count). The Morgan fingerprint density at radius 2 is 1.68 bits per heavy atom. The lowest BCUT2D eigenvalue weighted by Gasteiger charge is -2.38. The fourth-order valence-electron chi connectivity index (χ4n) is 5.15. The molecule has 1 saturated heterocycles. The standard InChI is InChI=1S/C31H38N4O6/c1-4-12-35(13-5-2)24-9-8-19-14-21(7-6-20(19)15-24)25-11-10-23(34(25)3)16-22(17-32)30(39)33-18-26-27(36)28(37)29(38)31(40)41-26/h6-11,14-16,26-29,31,36-38,40H,4-5,12-13,18H2,1-3H3,(H,33,39)/b22-16+/t26-,27-,28+,29-,31?/m1/s1. The summed E-state index contributed by atoms with van der Waals surface area (Å²) in [6.45, 7) is 6.13. The van der Waals surface area contributed by atoms with Crippen LogP contribution in [0.2, 0.25) is 0 Å². The number of carbonyl (C=O) groups excluding carboxylic acids is 1. The van der Waals surface area contributed by atoms with Crippen molar-refractivity contribution in [1.29, 1.82) is 5.26 Å². The van der Waals surface area contributed by atoms with Crippen LogP contribution in [0.15, 0.2) is 54.1 Å². The van der Waals surface area contributed by atoms with Gasteiger partial charge in [-0.1, -0.05) is 32.0 Å². The molecule has 218 valence electrons. The molecule has 0 aliphatic carbocycles. The normalized spacial score (nSPS) is 22.9. The number of aliphatic hydroxyl groups excluding tert-OH is 4. The van der Waals surface area contributed by atoms with Gasteiger partial charge in [-0.25, -0.2) is 0 Å². The first-order valence-electron chi connectivity index (χ1n) is 13.9. The van der Waals surface area contributed by atoms with Crippen LogP contribution in [0.5, 0.6) is 0 Å². The summed E-state index contributed by atoms with van der Waals surface area (Å²) >= 11 is 0. The van der Waals surface area contributed by atoms with Gasteiger partial charge in [0.05, 0.1) is 0 Å². The largest absolute Gasteiger partial charge is 0.388 e. The highest BCUT2D eigenvalue weighted by Crippen LogP contribution is 2.29. The highest BCUT2D eigenvalue weighted by molar-refractivity contribution is 6.01. The number of hydrogen-bond donors (Lipinski definition) is 5. The Bertz CT molecular complexity index is 1440. The zero-order valence-electron chi connectivity index (χ0n) is 23.6. The third kappa shape index (κ3) is 6.62. The van der Waals surface area contributed by atoms with Crippen LogP contribution in [0.4, 0.5) is 5.69 Å². The number of benzene rings is 2. The number of nitrogens with one attached hydrogen (secondary N) is 1. The molecule has 0 spiro atoms. The molecule has 1 unspecified atom stereocenters. The summed E-state index contributed by atoms with van der Waals surface area (Å²) in [5, 5.41) is 53.6. The number of hydrogen-bond acceptors (Lipinski definition) is 8. The first-order valence-corrected chi connectivity index (χ1v) is 13.9. The number of carbonyl (C=O) groups is 1. The number of aromatic nitrogens is 1. The van der Waals surface area contributed by atoms with Crippen molar-refractivity contribution in [2.45, 2.75) is 57.4 Å². The summed E-state index contributed by atoms with van der Waals surface area (Å²) in [4.78, 5) is 15.1. The summed E-state index contributed by atoms with van der Waals surface area (Å²) in [7, 11) is 1.86. The molecule has 1 fully saturated rings. The van der Waals surface area contributed by atoms with Crippen LogP contribution in [0.25, 0.3) is 28.1 Å². The number of anilines is 1. The van der Waals surface area contributed by atoms with Crippen LogP contribution in [0, 0.1) is 11.3 Å². The lowest BCUT2D eigenvalue weighted by Crippen LogP contribution is -2.60. The van der Waals surface area contributed by atoms with Gasteiger partial charge < -0.3 is 39.9 Å². The zero-order valence-corrected chi connectivity index (χ0v) is 23.6. The van der Waals surface area contributed by atoms with E-state index in [1.807, 2.05) is 29.8 Å². The van der Waals surface area contributed by atoms with Gasteiger partial charge in [0.15, 0.2) is 6.29 Å².